The minimum Gasteiger partial charge on any atom is -0.493 e. The van der Waals surface area contributed by atoms with Crippen LogP contribution in [0.25, 0.3) is 28.1 Å². The topological polar surface area (TPSA) is 113 Å². The van der Waals surface area contributed by atoms with Crippen molar-refractivity contribution in [2.45, 2.75) is 19.1 Å². The molecule has 1 unspecified atom stereocenters. The van der Waals surface area contributed by atoms with Gasteiger partial charge in [0, 0.05) is 28.6 Å². The van der Waals surface area contributed by atoms with Gasteiger partial charge < -0.3 is 34.7 Å². The standard InChI is InChI=1S/C30H32N2O6/c1-18(24-17-31-25-10-6-5-9-23(24)25)29(34)32-30(35)22-13-19(8-7-11-33)12-20(14-22)21-15-26(36-2)28(38-4)27(16-21)37-3/h5-10,12-18,29,31,33-34H,11H2,1-4H3,(H,32,35)/b8-7-/t18?,29-/m1/s1. The van der Waals surface area contributed by atoms with Crippen molar-refractivity contribution in [1.82, 2.24) is 10.3 Å². The van der Waals surface area contributed by atoms with E-state index in [1.165, 1.54) is 21.3 Å². The number of methoxy groups -OCH3 is 3. The lowest BCUT2D eigenvalue weighted by Gasteiger charge is -2.20. The molecule has 0 saturated heterocycles. The molecular weight excluding hydrogens is 484 g/mol. The number of nitrogens with one attached hydrogen (secondary N) is 2. The zero-order valence-electron chi connectivity index (χ0n) is 21.8. The van der Waals surface area contributed by atoms with Gasteiger partial charge in [-0.25, -0.2) is 0 Å². The molecule has 1 heterocycles. The number of aliphatic hydroxyl groups excluding tert-OH is 2. The summed E-state index contributed by atoms with van der Waals surface area (Å²) in [6, 6.07) is 16.7. The molecule has 0 bridgehead atoms. The number of para-hydroxylation sites is 1. The van der Waals surface area contributed by atoms with Crippen molar-refractivity contribution < 1.29 is 29.2 Å². The van der Waals surface area contributed by atoms with Crippen LogP contribution in [0.3, 0.4) is 0 Å². The maximum absolute atomic E-state index is 13.3. The molecule has 8 heteroatoms. The van der Waals surface area contributed by atoms with Crippen molar-refractivity contribution in [2.75, 3.05) is 27.9 Å². The molecule has 38 heavy (non-hydrogen) atoms. The minimum absolute atomic E-state index is 0.142. The lowest BCUT2D eigenvalue weighted by Crippen LogP contribution is -2.38. The normalized spacial score (nSPS) is 12.9. The molecule has 198 valence electrons. The summed E-state index contributed by atoms with van der Waals surface area (Å²) in [4.78, 5) is 16.5. The van der Waals surface area contributed by atoms with E-state index in [1.54, 1.807) is 36.4 Å². The second kappa shape index (κ2) is 11.9. The van der Waals surface area contributed by atoms with Crippen molar-refractivity contribution in [3.63, 3.8) is 0 Å². The summed E-state index contributed by atoms with van der Waals surface area (Å²) in [7, 11) is 4.61. The van der Waals surface area contributed by atoms with Gasteiger partial charge in [0.05, 0.1) is 27.9 Å². The van der Waals surface area contributed by atoms with Gasteiger partial charge in [-0.3, -0.25) is 4.79 Å². The van der Waals surface area contributed by atoms with Crippen LogP contribution in [-0.2, 0) is 0 Å². The van der Waals surface area contributed by atoms with Crippen LogP contribution in [0.2, 0.25) is 0 Å². The third-order valence-corrected chi connectivity index (χ3v) is 6.50. The first-order chi connectivity index (χ1) is 18.4. The van der Waals surface area contributed by atoms with Crippen LogP contribution >= 0.6 is 0 Å². The number of carbonyl (C=O) groups is 1. The van der Waals surface area contributed by atoms with Gasteiger partial charge in [-0.1, -0.05) is 37.3 Å². The zero-order valence-corrected chi connectivity index (χ0v) is 21.8. The molecule has 0 saturated carbocycles. The summed E-state index contributed by atoms with van der Waals surface area (Å²) in [5, 5.41) is 23.9. The number of fused-ring (bicyclic) bond motifs is 1. The molecule has 0 radical (unpaired) electrons. The Labute approximate surface area is 221 Å². The highest BCUT2D eigenvalue weighted by atomic mass is 16.5. The summed E-state index contributed by atoms with van der Waals surface area (Å²) in [6.07, 6.45) is 4.05. The largest absolute Gasteiger partial charge is 0.493 e. The predicted molar refractivity (Wildman–Crippen MR) is 148 cm³/mol. The predicted octanol–water partition coefficient (Wildman–Crippen LogP) is 4.72. The number of hydrogen-bond acceptors (Lipinski definition) is 6. The number of hydrogen-bond donors (Lipinski definition) is 4. The minimum atomic E-state index is -1.12. The van der Waals surface area contributed by atoms with Gasteiger partial charge in [-0.2, -0.15) is 0 Å². The SMILES string of the molecule is COc1cc(-c2cc(/C=C\CO)cc(C(=O)N[C@H](O)C(C)c3c[nH]c4ccccc34)c2)cc(OC)c1OC. The van der Waals surface area contributed by atoms with Gasteiger partial charge >= 0.3 is 0 Å². The van der Waals surface area contributed by atoms with E-state index in [9.17, 15) is 15.0 Å². The molecule has 4 N–H and O–H groups in total. The monoisotopic (exact) mass is 516 g/mol. The van der Waals surface area contributed by atoms with Crippen LogP contribution in [0.4, 0.5) is 0 Å². The molecule has 0 aliphatic carbocycles. The molecule has 0 aliphatic heterocycles. The van der Waals surface area contributed by atoms with E-state index in [2.05, 4.69) is 10.3 Å². The molecule has 0 fully saturated rings. The van der Waals surface area contributed by atoms with E-state index in [0.29, 0.717) is 33.9 Å². The number of aromatic amines is 1. The Morgan fingerprint density at radius 3 is 2.34 bits per heavy atom. The second-order valence-corrected chi connectivity index (χ2v) is 8.84. The van der Waals surface area contributed by atoms with Gasteiger partial charge in [0.25, 0.3) is 5.91 Å². The third kappa shape index (κ3) is 5.51. The first kappa shape index (κ1) is 26.8. The Hall–Kier alpha value is -4.27. The Morgan fingerprint density at radius 2 is 1.68 bits per heavy atom. The Morgan fingerprint density at radius 1 is 1.00 bits per heavy atom. The molecule has 4 rings (SSSR count). The van der Waals surface area contributed by atoms with E-state index in [4.69, 9.17) is 14.2 Å². The van der Waals surface area contributed by atoms with Crippen LogP contribution in [0.15, 0.2) is 66.9 Å². The van der Waals surface area contributed by atoms with E-state index in [-0.39, 0.29) is 12.5 Å². The smallest absolute Gasteiger partial charge is 0.253 e. The van der Waals surface area contributed by atoms with E-state index < -0.39 is 12.1 Å². The summed E-state index contributed by atoms with van der Waals surface area (Å²) < 4.78 is 16.4. The maximum atomic E-state index is 13.3. The van der Waals surface area contributed by atoms with Gasteiger partial charge in [0.15, 0.2) is 11.5 Å². The second-order valence-electron chi connectivity index (χ2n) is 8.84. The number of rotatable bonds is 10. The van der Waals surface area contributed by atoms with Crippen LogP contribution in [0, 0.1) is 0 Å². The summed E-state index contributed by atoms with van der Waals surface area (Å²) in [5.74, 6) is 0.626. The average Bonchev–Trinajstić information content (AvgIpc) is 3.38. The lowest BCUT2D eigenvalue weighted by atomic mass is 9.97. The fourth-order valence-corrected chi connectivity index (χ4v) is 4.47. The number of aromatic nitrogens is 1. The van der Waals surface area contributed by atoms with Crippen LogP contribution in [0.1, 0.15) is 34.3 Å². The number of carbonyl (C=O) groups excluding carboxylic acids is 1. The molecule has 1 aromatic heterocycles. The highest BCUT2D eigenvalue weighted by Crippen LogP contribution is 2.41. The quantitative estimate of drug-likeness (QED) is 0.227. The molecular formula is C30H32N2O6. The van der Waals surface area contributed by atoms with E-state index in [1.807, 2.05) is 43.5 Å². The average molecular weight is 517 g/mol. The zero-order chi connectivity index (χ0) is 27.2. The third-order valence-electron chi connectivity index (χ3n) is 6.50. The number of aliphatic hydroxyl groups is 2. The molecule has 4 aromatic rings. The van der Waals surface area contributed by atoms with Crippen molar-refractivity contribution in [1.29, 1.82) is 0 Å². The molecule has 8 nitrogen and oxygen atoms in total. The van der Waals surface area contributed by atoms with Gasteiger partial charge in [0.2, 0.25) is 5.75 Å². The van der Waals surface area contributed by atoms with Crippen molar-refractivity contribution in [3.05, 3.63) is 83.6 Å². The molecule has 0 aliphatic rings. The first-order valence-electron chi connectivity index (χ1n) is 12.2. The Kier molecular flexibility index (Phi) is 8.35. The highest BCUT2D eigenvalue weighted by Gasteiger charge is 2.22. The van der Waals surface area contributed by atoms with Gasteiger partial charge in [0.1, 0.15) is 6.23 Å². The lowest BCUT2D eigenvalue weighted by molar-refractivity contribution is 0.0728. The van der Waals surface area contributed by atoms with Crippen LogP contribution in [0.5, 0.6) is 17.2 Å². The fraction of sp³-hybridized carbons (Fsp3) is 0.233. The van der Waals surface area contributed by atoms with Crippen molar-refractivity contribution in [2.24, 2.45) is 0 Å². The summed E-state index contributed by atoms with van der Waals surface area (Å²) in [6.45, 7) is 1.72. The highest BCUT2D eigenvalue weighted by molar-refractivity contribution is 5.96. The number of ether oxygens (including phenoxy) is 3. The fourth-order valence-electron chi connectivity index (χ4n) is 4.47. The van der Waals surface area contributed by atoms with E-state index in [0.717, 1.165) is 22.0 Å². The number of amides is 1. The Balaban J connectivity index is 1.67. The maximum Gasteiger partial charge on any atom is 0.253 e. The first-order valence-corrected chi connectivity index (χ1v) is 12.2. The van der Waals surface area contributed by atoms with Crippen LogP contribution in [-0.4, -0.2) is 55.3 Å². The molecule has 3 aromatic carbocycles. The molecule has 1 amide bonds. The Bertz CT molecular complexity index is 1430. The molecule has 2 atom stereocenters. The van der Waals surface area contributed by atoms with E-state index >= 15 is 0 Å². The van der Waals surface area contributed by atoms with Crippen LogP contribution < -0.4 is 19.5 Å². The number of benzene rings is 3. The van der Waals surface area contributed by atoms with Gasteiger partial charge in [-0.05, 0) is 58.7 Å². The molecule has 0 spiro atoms. The summed E-state index contributed by atoms with van der Waals surface area (Å²) in [5.41, 5.74) is 4.38. The van der Waals surface area contributed by atoms with Crippen molar-refractivity contribution in [3.8, 4) is 28.4 Å². The van der Waals surface area contributed by atoms with Gasteiger partial charge in [-0.15, -0.1) is 0 Å². The van der Waals surface area contributed by atoms with Crippen molar-refractivity contribution >= 4 is 22.9 Å². The number of H-pyrrole nitrogens is 1. The summed E-state index contributed by atoms with van der Waals surface area (Å²) >= 11 is 0.